The predicted molar refractivity (Wildman–Crippen MR) is 67.8 cm³/mol. The van der Waals surface area contributed by atoms with Gasteiger partial charge < -0.3 is 9.84 Å². The molecule has 0 aliphatic carbocycles. The Hall–Kier alpha value is -1.33. The number of aryl methyl sites for hydroxylation is 1. The molecule has 0 atom stereocenters. The van der Waals surface area contributed by atoms with Crippen LogP contribution in [-0.2, 0) is 12.3 Å². The minimum atomic E-state index is 0.615. The van der Waals surface area contributed by atoms with Gasteiger partial charge in [0.25, 0.3) is 0 Å². The van der Waals surface area contributed by atoms with Crippen LogP contribution in [0.15, 0.2) is 33.7 Å². The number of hydrogen-bond donors (Lipinski definition) is 1. The van der Waals surface area contributed by atoms with Gasteiger partial charge in [-0.25, -0.2) is 0 Å². The summed E-state index contributed by atoms with van der Waals surface area (Å²) in [7, 11) is 1.95. The van der Waals surface area contributed by atoms with Crippen molar-refractivity contribution in [2.24, 2.45) is 0 Å². The van der Waals surface area contributed by atoms with Crippen LogP contribution in [-0.4, -0.2) is 17.2 Å². The van der Waals surface area contributed by atoms with Gasteiger partial charge in [-0.15, -0.1) is 11.8 Å². The molecule has 0 unspecified atom stereocenters. The zero-order valence-corrected chi connectivity index (χ0v) is 10.8. The van der Waals surface area contributed by atoms with Gasteiger partial charge in [-0.2, -0.15) is 4.98 Å². The number of thioether (sulfide) groups is 1. The second-order valence-electron chi connectivity index (χ2n) is 3.70. The maximum atomic E-state index is 4.93. The van der Waals surface area contributed by atoms with Crippen molar-refractivity contribution in [3.05, 3.63) is 41.5 Å². The van der Waals surface area contributed by atoms with Crippen LogP contribution in [0.25, 0.3) is 0 Å². The molecule has 0 aliphatic heterocycles. The highest BCUT2D eigenvalue weighted by atomic mass is 32.2. The van der Waals surface area contributed by atoms with Crippen molar-refractivity contribution < 1.29 is 4.52 Å². The number of hydrogen-bond acceptors (Lipinski definition) is 5. The first-order valence-corrected chi connectivity index (χ1v) is 6.42. The summed E-state index contributed by atoms with van der Waals surface area (Å²) < 4.78 is 4.93. The van der Waals surface area contributed by atoms with Crippen molar-refractivity contribution in [3.8, 4) is 0 Å². The summed E-state index contributed by atoms with van der Waals surface area (Å²) in [4.78, 5) is 5.40. The quantitative estimate of drug-likeness (QED) is 0.825. The highest BCUT2D eigenvalue weighted by Crippen LogP contribution is 2.22. The van der Waals surface area contributed by atoms with Gasteiger partial charge in [-0.3, -0.25) is 0 Å². The minimum absolute atomic E-state index is 0.615. The standard InChI is InChI=1S/C12H15N3OS/c1-9-14-12(15-16-9)8-17-11-5-3-4-10(6-11)7-13-2/h3-6,13H,7-8H2,1-2H3. The van der Waals surface area contributed by atoms with Crippen molar-refractivity contribution in [1.82, 2.24) is 15.5 Å². The summed E-state index contributed by atoms with van der Waals surface area (Å²) in [6.45, 7) is 2.68. The molecule has 0 spiro atoms. The SMILES string of the molecule is CNCc1cccc(SCc2noc(C)n2)c1. The summed E-state index contributed by atoms with van der Waals surface area (Å²) in [6, 6.07) is 8.44. The van der Waals surface area contributed by atoms with E-state index >= 15 is 0 Å². The molecule has 4 nitrogen and oxygen atoms in total. The molecule has 2 rings (SSSR count). The van der Waals surface area contributed by atoms with E-state index in [9.17, 15) is 0 Å². The third-order valence-corrected chi connectivity index (χ3v) is 3.21. The Morgan fingerprint density at radius 2 is 2.29 bits per heavy atom. The fraction of sp³-hybridized carbons (Fsp3) is 0.333. The van der Waals surface area contributed by atoms with Crippen LogP contribution in [0.1, 0.15) is 17.3 Å². The zero-order valence-electron chi connectivity index (χ0n) is 9.93. The molecule has 0 aliphatic rings. The number of rotatable bonds is 5. The van der Waals surface area contributed by atoms with Crippen molar-refractivity contribution in [2.45, 2.75) is 24.1 Å². The predicted octanol–water partition coefficient (Wildman–Crippen LogP) is 2.39. The van der Waals surface area contributed by atoms with E-state index in [1.807, 2.05) is 7.05 Å². The normalized spacial score (nSPS) is 10.7. The summed E-state index contributed by atoms with van der Waals surface area (Å²) >= 11 is 1.71. The molecule has 0 radical (unpaired) electrons. The van der Waals surface area contributed by atoms with Crippen LogP contribution in [0.5, 0.6) is 0 Å². The monoisotopic (exact) mass is 249 g/mol. The largest absolute Gasteiger partial charge is 0.340 e. The molecule has 1 N–H and O–H groups in total. The molecule has 2 aromatic rings. The molecule has 0 saturated carbocycles. The van der Waals surface area contributed by atoms with E-state index in [2.05, 4.69) is 39.7 Å². The van der Waals surface area contributed by atoms with Gasteiger partial charge >= 0.3 is 0 Å². The Kier molecular flexibility index (Phi) is 4.17. The summed E-state index contributed by atoms with van der Waals surface area (Å²) in [6.07, 6.45) is 0. The Labute approximate surface area is 105 Å². The number of nitrogens with zero attached hydrogens (tertiary/aromatic N) is 2. The first kappa shape index (κ1) is 12.1. The molecule has 1 aromatic heterocycles. The second kappa shape index (κ2) is 5.84. The Bertz CT molecular complexity index is 484. The van der Waals surface area contributed by atoms with Crippen molar-refractivity contribution in [2.75, 3.05) is 7.05 Å². The zero-order chi connectivity index (χ0) is 12.1. The first-order chi connectivity index (χ1) is 8.28. The molecule has 0 saturated heterocycles. The van der Waals surface area contributed by atoms with Crippen LogP contribution in [0.4, 0.5) is 0 Å². The van der Waals surface area contributed by atoms with E-state index in [-0.39, 0.29) is 0 Å². The number of nitrogens with one attached hydrogen (secondary N) is 1. The third-order valence-electron chi connectivity index (χ3n) is 2.22. The van der Waals surface area contributed by atoms with Crippen LogP contribution in [0, 0.1) is 6.92 Å². The molecule has 17 heavy (non-hydrogen) atoms. The molecular formula is C12H15N3OS. The van der Waals surface area contributed by atoms with Crippen LogP contribution >= 0.6 is 11.8 Å². The summed E-state index contributed by atoms with van der Waals surface area (Å²) in [5, 5.41) is 7.01. The average Bonchev–Trinajstić information content (AvgIpc) is 2.74. The van der Waals surface area contributed by atoms with Gasteiger partial charge in [-0.1, -0.05) is 17.3 Å². The molecule has 5 heteroatoms. The Morgan fingerprint density at radius 1 is 1.41 bits per heavy atom. The van der Waals surface area contributed by atoms with Crippen molar-refractivity contribution >= 4 is 11.8 Å². The van der Waals surface area contributed by atoms with Gasteiger partial charge in [0, 0.05) is 18.4 Å². The maximum Gasteiger partial charge on any atom is 0.223 e. The topological polar surface area (TPSA) is 51.0 Å². The van der Waals surface area contributed by atoms with Crippen LogP contribution in [0.3, 0.4) is 0 Å². The third kappa shape index (κ3) is 3.57. The highest BCUT2D eigenvalue weighted by molar-refractivity contribution is 7.98. The van der Waals surface area contributed by atoms with E-state index in [4.69, 9.17) is 4.52 Å². The lowest BCUT2D eigenvalue weighted by Gasteiger charge is -2.03. The lowest BCUT2D eigenvalue weighted by atomic mass is 10.2. The van der Waals surface area contributed by atoms with Crippen LogP contribution in [0.2, 0.25) is 0 Å². The van der Waals surface area contributed by atoms with Gasteiger partial charge in [0.2, 0.25) is 5.89 Å². The van der Waals surface area contributed by atoms with Crippen LogP contribution < -0.4 is 5.32 Å². The average molecular weight is 249 g/mol. The molecule has 1 aromatic carbocycles. The van der Waals surface area contributed by atoms with Gasteiger partial charge in [0.05, 0.1) is 5.75 Å². The van der Waals surface area contributed by atoms with E-state index in [0.717, 1.165) is 18.1 Å². The summed E-state index contributed by atoms with van der Waals surface area (Å²) in [5.74, 6) is 2.09. The molecule has 0 fully saturated rings. The maximum absolute atomic E-state index is 4.93. The van der Waals surface area contributed by atoms with Crippen molar-refractivity contribution in [3.63, 3.8) is 0 Å². The number of benzene rings is 1. The van der Waals surface area contributed by atoms with E-state index in [0.29, 0.717) is 5.89 Å². The first-order valence-electron chi connectivity index (χ1n) is 5.43. The van der Waals surface area contributed by atoms with E-state index < -0.39 is 0 Å². The van der Waals surface area contributed by atoms with E-state index in [1.54, 1.807) is 18.7 Å². The van der Waals surface area contributed by atoms with Gasteiger partial charge in [0.1, 0.15) is 0 Å². The van der Waals surface area contributed by atoms with E-state index in [1.165, 1.54) is 10.5 Å². The van der Waals surface area contributed by atoms with Crippen molar-refractivity contribution in [1.29, 1.82) is 0 Å². The van der Waals surface area contributed by atoms with Gasteiger partial charge in [-0.05, 0) is 24.7 Å². The smallest absolute Gasteiger partial charge is 0.223 e. The molecular weight excluding hydrogens is 234 g/mol. The Morgan fingerprint density at radius 3 is 3.00 bits per heavy atom. The summed E-state index contributed by atoms with van der Waals surface area (Å²) in [5.41, 5.74) is 1.28. The fourth-order valence-electron chi connectivity index (χ4n) is 1.50. The lowest BCUT2D eigenvalue weighted by molar-refractivity contribution is 0.389. The highest BCUT2D eigenvalue weighted by Gasteiger charge is 2.03. The minimum Gasteiger partial charge on any atom is -0.340 e. The Balaban J connectivity index is 1.96. The molecule has 0 amide bonds. The fourth-order valence-corrected chi connectivity index (χ4v) is 2.32. The molecule has 90 valence electrons. The second-order valence-corrected chi connectivity index (χ2v) is 4.74. The van der Waals surface area contributed by atoms with Gasteiger partial charge in [0.15, 0.2) is 5.82 Å². The molecule has 0 bridgehead atoms. The number of aromatic nitrogens is 2. The lowest BCUT2D eigenvalue weighted by Crippen LogP contribution is -2.04. The molecule has 1 heterocycles.